The van der Waals surface area contributed by atoms with Gasteiger partial charge in [0.05, 0.1) is 12.1 Å². The summed E-state index contributed by atoms with van der Waals surface area (Å²) in [6.07, 6.45) is 1.69. The quantitative estimate of drug-likeness (QED) is 0.618. The summed E-state index contributed by atoms with van der Waals surface area (Å²) in [4.78, 5) is 21.7. The number of carboxylic acids is 1. The summed E-state index contributed by atoms with van der Waals surface area (Å²) < 4.78 is 0. The summed E-state index contributed by atoms with van der Waals surface area (Å²) >= 11 is 0. The summed E-state index contributed by atoms with van der Waals surface area (Å²) in [5.41, 5.74) is 0.193. The van der Waals surface area contributed by atoms with Crippen molar-refractivity contribution in [2.24, 2.45) is 5.92 Å². The predicted molar refractivity (Wildman–Crippen MR) is 50.1 cm³/mol. The monoisotopic (exact) mass is 212 g/mol. The summed E-state index contributed by atoms with van der Waals surface area (Å²) in [7, 11) is 0. The molecule has 3 N–H and O–H groups in total. The number of nitrogens with one attached hydrogen (secondary N) is 2. The number of amides is 1. The van der Waals surface area contributed by atoms with Gasteiger partial charge in [-0.2, -0.15) is 15.4 Å². The molecule has 0 saturated heterocycles. The maximum atomic E-state index is 11.3. The zero-order valence-corrected chi connectivity index (χ0v) is 8.23. The Bertz CT molecular complexity index is 336. The van der Waals surface area contributed by atoms with E-state index in [9.17, 15) is 9.59 Å². The summed E-state index contributed by atoms with van der Waals surface area (Å²) in [5, 5.41) is 20.5. The number of aliphatic carboxylic acids is 1. The van der Waals surface area contributed by atoms with Gasteiger partial charge >= 0.3 is 5.97 Å². The number of carboxylic acid groups (broad SMARTS) is 1. The number of hydrogen-bond acceptors (Lipinski definition) is 4. The molecular formula is C8H12N4O3. The Hall–Kier alpha value is -1.92. The van der Waals surface area contributed by atoms with Crippen molar-refractivity contribution in [3.05, 3.63) is 11.9 Å². The molecule has 0 spiro atoms. The molecule has 0 saturated carbocycles. The maximum absolute atomic E-state index is 11.3. The molecule has 82 valence electrons. The number of H-pyrrole nitrogens is 1. The molecule has 1 rings (SSSR count). The number of carbonyl (C=O) groups excluding carboxylic acids is 1. The van der Waals surface area contributed by atoms with E-state index in [4.69, 9.17) is 5.11 Å². The summed E-state index contributed by atoms with van der Waals surface area (Å²) in [6, 6.07) is 0. The van der Waals surface area contributed by atoms with Crippen molar-refractivity contribution in [2.45, 2.75) is 13.3 Å². The molecule has 7 heteroatoms. The maximum Gasteiger partial charge on any atom is 0.306 e. The number of nitrogens with zero attached hydrogens (tertiary/aromatic N) is 2. The van der Waals surface area contributed by atoms with Crippen molar-refractivity contribution < 1.29 is 14.7 Å². The lowest BCUT2D eigenvalue weighted by atomic mass is 10.1. The van der Waals surface area contributed by atoms with Gasteiger partial charge in [0.2, 0.25) is 0 Å². The van der Waals surface area contributed by atoms with Crippen molar-refractivity contribution in [1.82, 2.24) is 20.7 Å². The minimum atomic E-state index is -0.870. The normalized spacial score (nSPS) is 12.1. The van der Waals surface area contributed by atoms with Crippen LogP contribution in [0.25, 0.3) is 0 Å². The van der Waals surface area contributed by atoms with Crippen LogP contribution in [-0.2, 0) is 4.79 Å². The fourth-order valence-corrected chi connectivity index (χ4v) is 0.927. The van der Waals surface area contributed by atoms with Crippen molar-refractivity contribution in [1.29, 1.82) is 0 Å². The van der Waals surface area contributed by atoms with Gasteiger partial charge in [0.15, 0.2) is 5.69 Å². The summed E-state index contributed by atoms with van der Waals surface area (Å²) in [5.74, 6) is -1.70. The van der Waals surface area contributed by atoms with Crippen LogP contribution in [0.3, 0.4) is 0 Å². The Kier molecular flexibility index (Phi) is 3.78. The van der Waals surface area contributed by atoms with Gasteiger partial charge in [-0.25, -0.2) is 0 Å². The number of carbonyl (C=O) groups is 2. The molecule has 0 aliphatic carbocycles. The van der Waals surface area contributed by atoms with E-state index in [0.29, 0.717) is 13.0 Å². The third-order valence-electron chi connectivity index (χ3n) is 1.93. The van der Waals surface area contributed by atoms with Gasteiger partial charge in [-0.1, -0.05) is 6.92 Å². The average molecular weight is 212 g/mol. The first-order valence-corrected chi connectivity index (χ1v) is 4.48. The van der Waals surface area contributed by atoms with Crippen LogP contribution in [0, 0.1) is 5.92 Å². The van der Waals surface area contributed by atoms with Gasteiger partial charge in [-0.3, -0.25) is 9.59 Å². The van der Waals surface area contributed by atoms with Gasteiger partial charge in [0, 0.05) is 6.54 Å². The zero-order valence-electron chi connectivity index (χ0n) is 8.23. The van der Waals surface area contributed by atoms with Crippen LogP contribution in [0.5, 0.6) is 0 Å². The SMILES string of the molecule is CC(CCNC(=O)c1cn[nH]n1)C(=O)O. The van der Waals surface area contributed by atoms with Crippen molar-refractivity contribution >= 4 is 11.9 Å². The molecule has 0 aromatic carbocycles. The molecule has 0 aliphatic heterocycles. The van der Waals surface area contributed by atoms with Crippen molar-refractivity contribution in [2.75, 3.05) is 6.54 Å². The molecule has 0 radical (unpaired) electrons. The van der Waals surface area contributed by atoms with Crippen molar-refractivity contribution in [3.8, 4) is 0 Å². The molecular weight excluding hydrogens is 200 g/mol. The third kappa shape index (κ3) is 3.37. The van der Waals surface area contributed by atoms with Crippen LogP contribution in [0.1, 0.15) is 23.8 Å². The fourth-order valence-electron chi connectivity index (χ4n) is 0.927. The van der Waals surface area contributed by atoms with Crippen LogP contribution in [0.4, 0.5) is 0 Å². The molecule has 0 aliphatic rings. The van der Waals surface area contributed by atoms with Gasteiger partial charge in [-0.05, 0) is 6.42 Å². The smallest absolute Gasteiger partial charge is 0.306 e. The van der Waals surface area contributed by atoms with E-state index in [1.165, 1.54) is 6.20 Å². The van der Waals surface area contributed by atoms with Gasteiger partial charge in [-0.15, -0.1) is 0 Å². The molecule has 1 atom stereocenters. The second kappa shape index (κ2) is 5.08. The fraction of sp³-hybridized carbons (Fsp3) is 0.500. The molecule has 1 aromatic heterocycles. The number of aromatic amines is 1. The van der Waals surface area contributed by atoms with Crippen LogP contribution < -0.4 is 5.32 Å². The Morgan fingerprint density at radius 3 is 2.93 bits per heavy atom. The Morgan fingerprint density at radius 2 is 2.40 bits per heavy atom. The van der Waals surface area contributed by atoms with E-state index in [2.05, 4.69) is 20.7 Å². The highest BCUT2D eigenvalue weighted by molar-refractivity contribution is 5.91. The van der Waals surface area contributed by atoms with E-state index < -0.39 is 11.9 Å². The Balaban J connectivity index is 2.27. The number of aromatic nitrogens is 3. The lowest BCUT2D eigenvalue weighted by Crippen LogP contribution is -2.27. The summed E-state index contributed by atoms with van der Waals surface area (Å²) in [6.45, 7) is 1.89. The van der Waals surface area contributed by atoms with E-state index in [1.807, 2.05) is 0 Å². The Morgan fingerprint density at radius 1 is 1.67 bits per heavy atom. The van der Waals surface area contributed by atoms with Crippen LogP contribution in [0.15, 0.2) is 6.20 Å². The lowest BCUT2D eigenvalue weighted by Gasteiger charge is -2.06. The van der Waals surface area contributed by atoms with E-state index in [0.717, 1.165) is 0 Å². The minimum Gasteiger partial charge on any atom is -0.481 e. The van der Waals surface area contributed by atoms with Gasteiger partial charge < -0.3 is 10.4 Å². The standard InChI is InChI=1S/C8H12N4O3/c1-5(8(14)15)2-3-9-7(13)6-4-10-12-11-6/h4-5H,2-3H2,1H3,(H,9,13)(H,14,15)(H,10,11,12). The molecule has 1 aromatic rings. The van der Waals surface area contributed by atoms with Crippen LogP contribution in [0.2, 0.25) is 0 Å². The second-order valence-corrected chi connectivity index (χ2v) is 3.14. The molecule has 0 bridgehead atoms. The molecule has 7 nitrogen and oxygen atoms in total. The molecule has 15 heavy (non-hydrogen) atoms. The van der Waals surface area contributed by atoms with Gasteiger partial charge in [0.25, 0.3) is 5.91 Å². The van der Waals surface area contributed by atoms with Crippen molar-refractivity contribution in [3.63, 3.8) is 0 Å². The molecule has 1 amide bonds. The lowest BCUT2D eigenvalue weighted by molar-refractivity contribution is -0.141. The first kappa shape index (κ1) is 11.2. The highest BCUT2D eigenvalue weighted by atomic mass is 16.4. The molecule has 0 fully saturated rings. The topological polar surface area (TPSA) is 108 Å². The number of hydrogen-bond donors (Lipinski definition) is 3. The predicted octanol–water partition coefficient (Wildman–Crippen LogP) is -0.355. The first-order valence-electron chi connectivity index (χ1n) is 4.48. The highest BCUT2D eigenvalue weighted by Crippen LogP contribution is 1.99. The van der Waals surface area contributed by atoms with E-state index >= 15 is 0 Å². The number of rotatable bonds is 5. The third-order valence-corrected chi connectivity index (χ3v) is 1.93. The largest absolute Gasteiger partial charge is 0.481 e. The minimum absolute atomic E-state index is 0.193. The van der Waals surface area contributed by atoms with E-state index in [1.54, 1.807) is 6.92 Å². The molecule has 1 unspecified atom stereocenters. The van der Waals surface area contributed by atoms with Gasteiger partial charge in [0.1, 0.15) is 0 Å². The first-order chi connectivity index (χ1) is 7.11. The zero-order chi connectivity index (χ0) is 11.3. The Labute approximate surface area is 85.9 Å². The van der Waals surface area contributed by atoms with Crippen LogP contribution >= 0.6 is 0 Å². The molecule has 1 heterocycles. The van der Waals surface area contributed by atoms with E-state index in [-0.39, 0.29) is 11.6 Å². The highest BCUT2D eigenvalue weighted by Gasteiger charge is 2.12. The average Bonchev–Trinajstić information content (AvgIpc) is 2.70. The van der Waals surface area contributed by atoms with Crippen LogP contribution in [-0.4, -0.2) is 38.9 Å². The second-order valence-electron chi connectivity index (χ2n) is 3.14.